The Hall–Kier alpha value is -2.24. The van der Waals surface area contributed by atoms with E-state index in [1.54, 1.807) is 36.1 Å². The summed E-state index contributed by atoms with van der Waals surface area (Å²) in [4.78, 5) is 29.0. The highest BCUT2D eigenvalue weighted by atomic mass is 35.5. The summed E-state index contributed by atoms with van der Waals surface area (Å²) in [7, 11) is 0. The van der Waals surface area contributed by atoms with Crippen molar-refractivity contribution < 1.29 is 9.59 Å². The van der Waals surface area contributed by atoms with E-state index < -0.39 is 6.04 Å². The van der Waals surface area contributed by atoms with Gasteiger partial charge in [0.25, 0.3) is 5.91 Å². The highest BCUT2D eigenvalue weighted by Gasteiger charge is 2.26. The number of carbonyl (C=O) groups excluding carboxylic acids is 2. The van der Waals surface area contributed by atoms with Crippen molar-refractivity contribution in [3.63, 3.8) is 0 Å². The van der Waals surface area contributed by atoms with Crippen LogP contribution in [0.3, 0.4) is 0 Å². The Morgan fingerprint density at radius 3 is 2.26 bits per heavy atom. The van der Waals surface area contributed by atoms with Crippen molar-refractivity contribution in [2.75, 3.05) is 31.1 Å². The minimum absolute atomic E-state index is 0.0823. The molecule has 5 nitrogen and oxygen atoms in total. The molecule has 2 amide bonds. The molecule has 0 radical (unpaired) electrons. The maximum atomic E-state index is 12.7. The van der Waals surface area contributed by atoms with Gasteiger partial charge in [-0.05, 0) is 49.4 Å². The fourth-order valence-corrected chi connectivity index (χ4v) is 3.40. The second kappa shape index (κ2) is 8.63. The van der Waals surface area contributed by atoms with Crippen LogP contribution in [-0.2, 0) is 4.79 Å². The summed E-state index contributed by atoms with van der Waals surface area (Å²) < 4.78 is 0. The molecule has 1 aliphatic heterocycles. The third-order valence-corrected chi connectivity index (χ3v) is 5.08. The first kappa shape index (κ1) is 19.5. The Labute approximate surface area is 168 Å². The van der Waals surface area contributed by atoms with Crippen LogP contribution in [0.25, 0.3) is 0 Å². The van der Waals surface area contributed by atoms with Crippen molar-refractivity contribution in [2.45, 2.75) is 13.0 Å². The molecule has 142 valence electrons. The van der Waals surface area contributed by atoms with Crippen LogP contribution in [0.5, 0.6) is 0 Å². The Morgan fingerprint density at radius 1 is 0.963 bits per heavy atom. The van der Waals surface area contributed by atoms with Gasteiger partial charge in [0, 0.05) is 47.5 Å². The van der Waals surface area contributed by atoms with Gasteiger partial charge in [-0.15, -0.1) is 0 Å². The zero-order chi connectivity index (χ0) is 19.4. The quantitative estimate of drug-likeness (QED) is 0.846. The first-order valence-electron chi connectivity index (χ1n) is 8.80. The number of nitrogens with one attached hydrogen (secondary N) is 1. The number of rotatable bonds is 4. The van der Waals surface area contributed by atoms with E-state index in [0.717, 1.165) is 18.8 Å². The molecule has 3 rings (SSSR count). The Morgan fingerprint density at radius 2 is 1.63 bits per heavy atom. The number of carbonyl (C=O) groups is 2. The van der Waals surface area contributed by atoms with Crippen LogP contribution in [0.4, 0.5) is 5.69 Å². The molecule has 1 saturated heterocycles. The second-order valence-corrected chi connectivity index (χ2v) is 7.37. The molecular weight excluding hydrogens is 385 g/mol. The maximum absolute atomic E-state index is 12.7. The van der Waals surface area contributed by atoms with E-state index in [0.29, 0.717) is 28.7 Å². The Bertz CT molecular complexity index is 818. The lowest BCUT2D eigenvalue weighted by molar-refractivity contribution is -0.133. The lowest BCUT2D eigenvalue weighted by Crippen LogP contribution is -2.54. The summed E-state index contributed by atoms with van der Waals surface area (Å²) in [6.45, 7) is 4.40. The Balaban J connectivity index is 1.53. The van der Waals surface area contributed by atoms with E-state index in [-0.39, 0.29) is 11.8 Å². The van der Waals surface area contributed by atoms with Crippen molar-refractivity contribution in [3.8, 4) is 0 Å². The fraction of sp³-hybridized carbons (Fsp3) is 0.300. The number of hydrogen-bond acceptors (Lipinski definition) is 3. The first-order chi connectivity index (χ1) is 12.9. The molecule has 1 unspecified atom stereocenters. The van der Waals surface area contributed by atoms with Crippen molar-refractivity contribution in [1.82, 2.24) is 10.2 Å². The normalized spacial score (nSPS) is 15.4. The van der Waals surface area contributed by atoms with E-state index >= 15 is 0 Å². The number of nitrogens with zero attached hydrogens (tertiary/aromatic N) is 2. The SMILES string of the molecule is CC(NC(=O)c1cccc(Cl)c1)C(=O)N1CCN(c2ccc(Cl)cc2)CC1. The second-order valence-electron chi connectivity index (χ2n) is 6.49. The number of halogens is 2. The van der Waals surface area contributed by atoms with Gasteiger partial charge in [0.05, 0.1) is 0 Å². The number of piperazine rings is 1. The van der Waals surface area contributed by atoms with E-state index in [2.05, 4.69) is 10.2 Å². The largest absolute Gasteiger partial charge is 0.368 e. The van der Waals surface area contributed by atoms with Crippen LogP contribution in [0, 0.1) is 0 Å². The number of hydrogen-bond donors (Lipinski definition) is 1. The number of anilines is 1. The lowest BCUT2D eigenvalue weighted by Gasteiger charge is -2.37. The zero-order valence-electron chi connectivity index (χ0n) is 15.0. The van der Waals surface area contributed by atoms with Gasteiger partial charge in [-0.3, -0.25) is 9.59 Å². The highest BCUT2D eigenvalue weighted by Crippen LogP contribution is 2.19. The molecule has 0 saturated carbocycles. The van der Waals surface area contributed by atoms with E-state index in [9.17, 15) is 9.59 Å². The summed E-state index contributed by atoms with van der Waals surface area (Å²) in [5, 5.41) is 3.94. The number of amides is 2. The summed E-state index contributed by atoms with van der Waals surface area (Å²) in [5.74, 6) is -0.390. The van der Waals surface area contributed by atoms with Gasteiger partial charge in [0.15, 0.2) is 0 Å². The van der Waals surface area contributed by atoms with Gasteiger partial charge in [0.2, 0.25) is 5.91 Å². The molecule has 1 atom stereocenters. The molecule has 27 heavy (non-hydrogen) atoms. The zero-order valence-corrected chi connectivity index (χ0v) is 16.5. The molecule has 0 aliphatic carbocycles. The van der Waals surface area contributed by atoms with Gasteiger partial charge in [-0.1, -0.05) is 29.3 Å². The summed E-state index contributed by atoms with van der Waals surface area (Å²) in [6, 6.07) is 13.7. The summed E-state index contributed by atoms with van der Waals surface area (Å²) >= 11 is 11.8. The highest BCUT2D eigenvalue weighted by molar-refractivity contribution is 6.31. The van der Waals surface area contributed by atoms with Crippen LogP contribution in [0.1, 0.15) is 17.3 Å². The first-order valence-corrected chi connectivity index (χ1v) is 9.55. The molecule has 2 aromatic rings. The molecule has 1 N–H and O–H groups in total. The molecule has 7 heteroatoms. The molecule has 1 fully saturated rings. The van der Waals surface area contributed by atoms with Crippen molar-refractivity contribution in [3.05, 3.63) is 64.1 Å². The standard InChI is InChI=1S/C20H21Cl2N3O2/c1-14(23-19(26)15-3-2-4-17(22)13-15)20(27)25-11-9-24(10-12-25)18-7-5-16(21)6-8-18/h2-8,13-14H,9-12H2,1H3,(H,23,26). The van der Waals surface area contributed by atoms with E-state index in [1.165, 1.54) is 0 Å². The third kappa shape index (κ3) is 4.93. The molecule has 0 aromatic heterocycles. The predicted molar refractivity (Wildman–Crippen MR) is 109 cm³/mol. The topological polar surface area (TPSA) is 52.7 Å². The van der Waals surface area contributed by atoms with Crippen molar-refractivity contribution >= 4 is 40.7 Å². The van der Waals surface area contributed by atoms with Crippen LogP contribution in [0.15, 0.2) is 48.5 Å². The maximum Gasteiger partial charge on any atom is 0.251 e. The third-order valence-electron chi connectivity index (χ3n) is 4.59. The fourth-order valence-electron chi connectivity index (χ4n) is 3.08. The van der Waals surface area contributed by atoms with Crippen molar-refractivity contribution in [1.29, 1.82) is 0 Å². The predicted octanol–water partition coefficient (Wildman–Crippen LogP) is 3.46. The minimum Gasteiger partial charge on any atom is -0.368 e. The average Bonchev–Trinajstić information content (AvgIpc) is 2.68. The van der Waals surface area contributed by atoms with Gasteiger partial charge < -0.3 is 15.1 Å². The summed E-state index contributed by atoms with van der Waals surface area (Å²) in [5.41, 5.74) is 1.53. The van der Waals surface area contributed by atoms with Crippen LogP contribution in [-0.4, -0.2) is 48.9 Å². The lowest BCUT2D eigenvalue weighted by atomic mass is 10.2. The molecule has 2 aromatic carbocycles. The monoisotopic (exact) mass is 405 g/mol. The molecular formula is C20H21Cl2N3O2. The molecule has 0 bridgehead atoms. The number of benzene rings is 2. The van der Waals surface area contributed by atoms with Gasteiger partial charge >= 0.3 is 0 Å². The summed E-state index contributed by atoms with van der Waals surface area (Å²) in [6.07, 6.45) is 0. The Kier molecular flexibility index (Phi) is 6.24. The van der Waals surface area contributed by atoms with E-state index in [4.69, 9.17) is 23.2 Å². The minimum atomic E-state index is -0.599. The van der Waals surface area contributed by atoms with Gasteiger partial charge in [0.1, 0.15) is 6.04 Å². The molecule has 1 heterocycles. The van der Waals surface area contributed by atoms with E-state index in [1.807, 2.05) is 24.3 Å². The smallest absolute Gasteiger partial charge is 0.251 e. The van der Waals surface area contributed by atoms with Gasteiger partial charge in [-0.25, -0.2) is 0 Å². The van der Waals surface area contributed by atoms with Gasteiger partial charge in [-0.2, -0.15) is 0 Å². The van der Waals surface area contributed by atoms with Crippen LogP contribution < -0.4 is 10.2 Å². The van der Waals surface area contributed by atoms with Crippen molar-refractivity contribution in [2.24, 2.45) is 0 Å². The van der Waals surface area contributed by atoms with Crippen LogP contribution in [0.2, 0.25) is 10.0 Å². The van der Waals surface area contributed by atoms with Crippen LogP contribution >= 0.6 is 23.2 Å². The molecule has 1 aliphatic rings. The average molecular weight is 406 g/mol. The molecule has 0 spiro atoms.